The average Bonchev–Trinajstić information content (AvgIpc) is 2.43. The van der Waals surface area contributed by atoms with E-state index in [4.69, 9.17) is 4.74 Å². The number of benzene rings is 1. The molecule has 0 aliphatic carbocycles. The summed E-state index contributed by atoms with van der Waals surface area (Å²) >= 11 is 0. The van der Waals surface area contributed by atoms with E-state index in [-0.39, 0.29) is 11.6 Å². The van der Waals surface area contributed by atoms with Gasteiger partial charge < -0.3 is 15.4 Å². The first-order valence-corrected chi connectivity index (χ1v) is 6.77. The van der Waals surface area contributed by atoms with Crippen LogP contribution in [0, 0.1) is 5.82 Å². The lowest BCUT2D eigenvalue weighted by atomic mass is 10.1. The molecular formula is C15H23FN2O2. The predicted molar refractivity (Wildman–Crippen MR) is 78.6 cm³/mol. The molecule has 0 spiro atoms. The van der Waals surface area contributed by atoms with Crippen molar-refractivity contribution in [2.24, 2.45) is 0 Å². The molecule has 0 radical (unpaired) electrons. The highest BCUT2D eigenvalue weighted by Gasteiger charge is 2.20. The van der Waals surface area contributed by atoms with Gasteiger partial charge >= 0.3 is 0 Å². The Balaban J connectivity index is 2.84. The van der Waals surface area contributed by atoms with Crippen LogP contribution >= 0.6 is 0 Å². The van der Waals surface area contributed by atoms with Crippen LogP contribution in [0.5, 0.6) is 0 Å². The molecule has 0 aromatic heterocycles. The summed E-state index contributed by atoms with van der Waals surface area (Å²) in [5, 5.41) is 5.72. The van der Waals surface area contributed by atoms with Gasteiger partial charge in [0.1, 0.15) is 5.82 Å². The standard InChI is InChI=1S/C15H23FN2O2/c1-5-9-17-13-11(7-6-8-12(13)16)14(19)18-10-15(2,3)20-4/h6-8,17H,5,9-10H2,1-4H3,(H,18,19). The Bertz CT molecular complexity index is 461. The maximum absolute atomic E-state index is 13.8. The van der Waals surface area contributed by atoms with Gasteiger partial charge in [0.2, 0.25) is 0 Å². The molecule has 1 rings (SSSR count). The largest absolute Gasteiger partial charge is 0.382 e. The van der Waals surface area contributed by atoms with Crippen molar-refractivity contribution in [3.63, 3.8) is 0 Å². The minimum atomic E-state index is -0.458. The van der Waals surface area contributed by atoms with Crippen LogP contribution in [0.25, 0.3) is 0 Å². The molecular weight excluding hydrogens is 259 g/mol. The number of carbonyl (C=O) groups excluding carboxylic acids is 1. The summed E-state index contributed by atoms with van der Waals surface area (Å²) in [6.45, 7) is 6.69. The summed E-state index contributed by atoms with van der Waals surface area (Å²) < 4.78 is 19.0. The van der Waals surface area contributed by atoms with Crippen molar-refractivity contribution in [2.45, 2.75) is 32.8 Å². The third kappa shape index (κ3) is 4.49. The SMILES string of the molecule is CCCNc1c(F)cccc1C(=O)NCC(C)(C)OC. The van der Waals surface area contributed by atoms with Gasteiger partial charge in [-0.05, 0) is 32.4 Å². The number of anilines is 1. The zero-order chi connectivity index (χ0) is 15.2. The second kappa shape index (κ2) is 7.24. The summed E-state index contributed by atoms with van der Waals surface area (Å²) in [5.74, 6) is -0.731. The number of carbonyl (C=O) groups is 1. The number of halogens is 1. The van der Waals surface area contributed by atoms with Crippen LogP contribution in [0.15, 0.2) is 18.2 Å². The zero-order valence-electron chi connectivity index (χ0n) is 12.5. The molecule has 0 aliphatic rings. The predicted octanol–water partition coefficient (Wildman–Crippen LogP) is 2.80. The Morgan fingerprint density at radius 3 is 2.70 bits per heavy atom. The Morgan fingerprint density at radius 1 is 1.40 bits per heavy atom. The van der Waals surface area contributed by atoms with Gasteiger partial charge in [-0.2, -0.15) is 0 Å². The number of amides is 1. The zero-order valence-corrected chi connectivity index (χ0v) is 12.5. The fourth-order valence-electron chi connectivity index (χ4n) is 1.60. The lowest BCUT2D eigenvalue weighted by molar-refractivity contribution is 0.0229. The average molecular weight is 282 g/mol. The van der Waals surface area contributed by atoms with Crippen LogP contribution in [-0.2, 0) is 4.74 Å². The van der Waals surface area contributed by atoms with E-state index in [1.165, 1.54) is 12.1 Å². The number of nitrogens with one attached hydrogen (secondary N) is 2. The van der Waals surface area contributed by atoms with Gasteiger partial charge in [0.25, 0.3) is 5.91 Å². The Labute approximate surface area is 119 Å². The minimum Gasteiger partial charge on any atom is -0.382 e. The smallest absolute Gasteiger partial charge is 0.253 e. The van der Waals surface area contributed by atoms with Crippen LogP contribution in [0.4, 0.5) is 10.1 Å². The van der Waals surface area contributed by atoms with Crippen LogP contribution in [0.2, 0.25) is 0 Å². The lowest BCUT2D eigenvalue weighted by Gasteiger charge is -2.23. The molecule has 0 unspecified atom stereocenters. The Morgan fingerprint density at radius 2 is 2.10 bits per heavy atom. The van der Waals surface area contributed by atoms with Gasteiger partial charge in [-0.15, -0.1) is 0 Å². The normalized spacial score (nSPS) is 11.2. The van der Waals surface area contributed by atoms with Gasteiger partial charge in [0.15, 0.2) is 0 Å². The van der Waals surface area contributed by atoms with Crippen molar-refractivity contribution in [1.82, 2.24) is 5.32 Å². The van der Waals surface area contributed by atoms with Gasteiger partial charge in [-0.25, -0.2) is 4.39 Å². The maximum Gasteiger partial charge on any atom is 0.253 e. The molecule has 5 heteroatoms. The molecule has 0 fully saturated rings. The lowest BCUT2D eigenvalue weighted by Crippen LogP contribution is -2.40. The van der Waals surface area contributed by atoms with Crippen molar-refractivity contribution in [2.75, 3.05) is 25.5 Å². The molecule has 0 saturated carbocycles. The van der Waals surface area contributed by atoms with E-state index in [0.717, 1.165) is 6.42 Å². The molecule has 0 saturated heterocycles. The maximum atomic E-state index is 13.8. The molecule has 1 aromatic rings. The summed E-state index contributed by atoms with van der Waals surface area (Å²) in [7, 11) is 1.59. The first-order valence-electron chi connectivity index (χ1n) is 6.77. The molecule has 1 amide bonds. The first kappa shape index (κ1) is 16.4. The summed E-state index contributed by atoms with van der Waals surface area (Å²) in [5.41, 5.74) is 0.104. The van der Waals surface area contributed by atoms with Gasteiger partial charge in [-0.3, -0.25) is 4.79 Å². The van der Waals surface area contributed by atoms with Crippen LogP contribution in [0.1, 0.15) is 37.6 Å². The molecule has 4 nitrogen and oxygen atoms in total. The number of rotatable bonds is 7. The van der Waals surface area contributed by atoms with Crippen molar-refractivity contribution in [3.8, 4) is 0 Å². The highest BCUT2D eigenvalue weighted by Crippen LogP contribution is 2.20. The molecule has 0 aliphatic heterocycles. The highest BCUT2D eigenvalue weighted by molar-refractivity contribution is 5.99. The number of para-hydroxylation sites is 1. The quantitative estimate of drug-likeness (QED) is 0.808. The summed E-state index contributed by atoms with van der Waals surface area (Å²) in [6, 6.07) is 4.48. The minimum absolute atomic E-state index is 0.252. The van der Waals surface area contributed by atoms with Crippen LogP contribution in [-0.4, -0.2) is 31.7 Å². The molecule has 0 heterocycles. The molecule has 1 aromatic carbocycles. The molecule has 0 bridgehead atoms. The molecule has 0 atom stereocenters. The third-order valence-corrected chi connectivity index (χ3v) is 3.04. The summed E-state index contributed by atoms with van der Waals surface area (Å²) in [6.07, 6.45) is 0.853. The highest BCUT2D eigenvalue weighted by atomic mass is 19.1. The Kier molecular flexibility index (Phi) is 5.95. The van der Waals surface area contributed by atoms with Crippen molar-refractivity contribution < 1.29 is 13.9 Å². The second-order valence-corrected chi connectivity index (χ2v) is 5.24. The molecule has 2 N–H and O–H groups in total. The van der Waals surface area contributed by atoms with E-state index in [9.17, 15) is 9.18 Å². The van der Waals surface area contributed by atoms with E-state index in [1.54, 1.807) is 13.2 Å². The fourth-order valence-corrected chi connectivity index (χ4v) is 1.60. The Hall–Kier alpha value is -1.62. The number of hydrogen-bond donors (Lipinski definition) is 2. The van der Waals surface area contributed by atoms with E-state index < -0.39 is 11.4 Å². The van der Waals surface area contributed by atoms with E-state index in [2.05, 4.69) is 10.6 Å². The van der Waals surface area contributed by atoms with E-state index >= 15 is 0 Å². The second-order valence-electron chi connectivity index (χ2n) is 5.24. The van der Waals surface area contributed by atoms with E-state index in [1.807, 2.05) is 20.8 Å². The van der Waals surface area contributed by atoms with Crippen LogP contribution < -0.4 is 10.6 Å². The van der Waals surface area contributed by atoms with E-state index in [0.29, 0.717) is 18.7 Å². The van der Waals surface area contributed by atoms with Crippen LogP contribution in [0.3, 0.4) is 0 Å². The van der Waals surface area contributed by atoms with Crippen molar-refractivity contribution >= 4 is 11.6 Å². The number of ether oxygens (including phenoxy) is 1. The van der Waals surface area contributed by atoms with Gasteiger partial charge in [0, 0.05) is 20.2 Å². The first-order chi connectivity index (χ1) is 9.41. The third-order valence-electron chi connectivity index (χ3n) is 3.04. The number of hydrogen-bond acceptors (Lipinski definition) is 3. The molecule has 20 heavy (non-hydrogen) atoms. The van der Waals surface area contributed by atoms with Crippen molar-refractivity contribution in [3.05, 3.63) is 29.6 Å². The van der Waals surface area contributed by atoms with Gasteiger partial charge in [0.05, 0.1) is 16.9 Å². The fraction of sp³-hybridized carbons (Fsp3) is 0.533. The van der Waals surface area contributed by atoms with Gasteiger partial charge in [-0.1, -0.05) is 13.0 Å². The topological polar surface area (TPSA) is 50.4 Å². The summed E-state index contributed by atoms with van der Waals surface area (Å²) in [4.78, 5) is 12.2. The monoisotopic (exact) mass is 282 g/mol. The molecule has 112 valence electrons. The van der Waals surface area contributed by atoms with Crippen molar-refractivity contribution in [1.29, 1.82) is 0 Å². The number of methoxy groups -OCH3 is 1.